The Balaban J connectivity index is 1.61. The van der Waals surface area contributed by atoms with E-state index in [1.54, 1.807) is 0 Å². The van der Waals surface area contributed by atoms with Crippen molar-refractivity contribution >= 4 is 5.91 Å². The van der Waals surface area contributed by atoms with E-state index < -0.39 is 17.5 Å². The topological polar surface area (TPSA) is 38.3 Å². The second-order valence-electron chi connectivity index (χ2n) is 7.36. The molecule has 0 unspecified atom stereocenters. The Morgan fingerprint density at radius 3 is 2.60 bits per heavy atom. The first kappa shape index (κ1) is 17.4. The maximum Gasteiger partial charge on any atom is 0.251 e. The maximum atomic E-state index is 13.2. The molecule has 0 bridgehead atoms. The average molecular weight is 345 g/mol. The first-order chi connectivity index (χ1) is 11.7. The number of amides is 1. The zero-order valence-corrected chi connectivity index (χ0v) is 14.5. The monoisotopic (exact) mass is 345 g/mol. The highest BCUT2D eigenvalue weighted by Gasteiger charge is 2.25. The summed E-state index contributed by atoms with van der Waals surface area (Å²) < 4.78 is 32.0. The maximum absolute atomic E-state index is 13.2. The molecular weight excluding hydrogens is 324 g/mol. The van der Waals surface area contributed by atoms with Crippen molar-refractivity contribution in [1.82, 2.24) is 5.32 Å². The predicted molar refractivity (Wildman–Crippen MR) is 92.0 cm³/mol. The van der Waals surface area contributed by atoms with E-state index in [0.717, 1.165) is 23.4 Å². The van der Waals surface area contributed by atoms with E-state index in [9.17, 15) is 13.6 Å². The van der Waals surface area contributed by atoms with Gasteiger partial charge in [-0.05, 0) is 40.8 Å². The van der Waals surface area contributed by atoms with Gasteiger partial charge in [-0.3, -0.25) is 4.79 Å². The van der Waals surface area contributed by atoms with Crippen LogP contribution in [0.3, 0.4) is 0 Å². The lowest BCUT2D eigenvalue weighted by Crippen LogP contribution is -2.34. The van der Waals surface area contributed by atoms with Crippen molar-refractivity contribution in [3.05, 3.63) is 64.7 Å². The smallest absolute Gasteiger partial charge is 0.251 e. The number of hydrogen-bond donors (Lipinski definition) is 1. The van der Waals surface area contributed by atoms with Gasteiger partial charge >= 0.3 is 0 Å². The summed E-state index contributed by atoms with van der Waals surface area (Å²) in [6, 6.07) is 9.26. The van der Waals surface area contributed by atoms with E-state index in [-0.39, 0.29) is 17.1 Å². The van der Waals surface area contributed by atoms with Crippen LogP contribution in [0.5, 0.6) is 5.75 Å². The van der Waals surface area contributed by atoms with Crippen LogP contribution >= 0.6 is 0 Å². The molecule has 1 atom stereocenters. The molecule has 2 aromatic rings. The van der Waals surface area contributed by atoms with E-state index in [1.807, 2.05) is 6.07 Å². The third-order valence-corrected chi connectivity index (χ3v) is 4.34. The Labute approximate surface area is 146 Å². The summed E-state index contributed by atoms with van der Waals surface area (Å²) in [5, 5.41) is 2.71. The third-order valence-electron chi connectivity index (χ3n) is 4.34. The lowest BCUT2D eigenvalue weighted by molar-refractivity contribution is 0.0933. The van der Waals surface area contributed by atoms with Crippen molar-refractivity contribution in [2.45, 2.75) is 38.7 Å². The highest BCUT2D eigenvalue weighted by Crippen LogP contribution is 2.33. The van der Waals surface area contributed by atoms with E-state index in [4.69, 9.17) is 4.74 Å². The van der Waals surface area contributed by atoms with Gasteiger partial charge in [0.15, 0.2) is 11.6 Å². The number of hydrogen-bond acceptors (Lipinski definition) is 2. The Morgan fingerprint density at radius 2 is 1.92 bits per heavy atom. The fourth-order valence-corrected chi connectivity index (χ4v) is 2.85. The molecule has 0 aliphatic carbocycles. The number of halogens is 2. The molecule has 0 saturated carbocycles. The zero-order valence-electron chi connectivity index (χ0n) is 14.5. The van der Waals surface area contributed by atoms with Gasteiger partial charge in [0.25, 0.3) is 5.91 Å². The highest BCUT2D eigenvalue weighted by molar-refractivity contribution is 5.94. The Bertz CT molecular complexity index is 812. The van der Waals surface area contributed by atoms with Crippen molar-refractivity contribution in [2.75, 3.05) is 6.54 Å². The second kappa shape index (κ2) is 6.47. The molecule has 0 spiro atoms. The van der Waals surface area contributed by atoms with Gasteiger partial charge in [-0.1, -0.05) is 32.9 Å². The average Bonchev–Trinajstić information content (AvgIpc) is 2.96. The lowest BCUT2D eigenvalue weighted by atomic mass is 9.86. The van der Waals surface area contributed by atoms with Gasteiger partial charge in [-0.2, -0.15) is 0 Å². The number of carbonyl (C=O) groups is 1. The van der Waals surface area contributed by atoms with E-state index in [1.165, 1.54) is 11.6 Å². The summed E-state index contributed by atoms with van der Waals surface area (Å²) in [6.45, 7) is 6.77. The van der Waals surface area contributed by atoms with Crippen LogP contribution in [0.15, 0.2) is 36.4 Å². The quantitative estimate of drug-likeness (QED) is 0.913. The minimum absolute atomic E-state index is 0.0635. The third kappa shape index (κ3) is 3.81. The highest BCUT2D eigenvalue weighted by atomic mass is 19.2. The van der Waals surface area contributed by atoms with Crippen LogP contribution in [-0.2, 0) is 11.8 Å². The second-order valence-corrected chi connectivity index (χ2v) is 7.36. The van der Waals surface area contributed by atoms with Crippen LogP contribution in [0.25, 0.3) is 0 Å². The van der Waals surface area contributed by atoms with Gasteiger partial charge < -0.3 is 10.1 Å². The van der Waals surface area contributed by atoms with Crippen LogP contribution in [-0.4, -0.2) is 18.6 Å². The summed E-state index contributed by atoms with van der Waals surface area (Å²) in [4.78, 5) is 12.1. The van der Waals surface area contributed by atoms with Gasteiger partial charge in [0.1, 0.15) is 11.9 Å². The molecule has 2 aromatic carbocycles. The number of rotatable bonds is 3. The zero-order chi connectivity index (χ0) is 18.2. The van der Waals surface area contributed by atoms with E-state index in [0.29, 0.717) is 13.0 Å². The Morgan fingerprint density at radius 1 is 1.16 bits per heavy atom. The van der Waals surface area contributed by atoms with Crippen molar-refractivity contribution in [3.8, 4) is 5.75 Å². The molecule has 0 radical (unpaired) electrons. The molecule has 25 heavy (non-hydrogen) atoms. The fourth-order valence-electron chi connectivity index (χ4n) is 2.85. The van der Waals surface area contributed by atoms with E-state index in [2.05, 4.69) is 38.2 Å². The van der Waals surface area contributed by atoms with Gasteiger partial charge in [-0.15, -0.1) is 0 Å². The van der Waals surface area contributed by atoms with Crippen LogP contribution in [0, 0.1) is 11.6 Å². The number of nitrogens with one attached hydrogen (secondary N) is 1. The number of benzene rings is 2. The molecule has 1 aliphatic heterocycles. The molecular formula is C20H21F2NO2. The molecule has 0 aromatic heterocycles. The van der Waals surface area contributed by atoms with Crippen molar-refractivity contribution in [2.24, 2.45) is 0 Å². The first-order valence-electron chi connectivity index (χ1n) is 8.27. The molecule has 3 nitrogen and oxygen atoms in total. The summed E-state index contributed by atoms with van der Waals surface area (Å²) in [7, 11) is 0. The van der Waals surface area contributed by atoms with Crippen molar-refractivity contribution < 1.29 is 18.3 Å². The molecule has 1 N–H and O–H groups in total. The summed E-state index contributed by atoms with van der Waals surface area (Å²) in [5.41, 5.74) is 2.51. The minimum Gasteiger partial charge on any atom is -0.488 e. The molecule has 3 rings (SSSR count). The molecule has 1 amide bonds. The predicted octanol–water partition coefficient (Wildman–Crippen LogP) is 4.00. The molecule has 1 heterocycles. The summed E-state index contributed by atoms with van der Waals surface area (Å²) in [6.07, 6.45) is 0.539. The molecule has 0 saturated heterocycles. The SMILES string of the molecule is CC(C)(C)c1ccc2c(c1)C[C@H](CNC(=O)c1ccc(F)c(F)c1)O2. The van der Waals surface area contributed by atoms with Gasteiger partial charge in [0.2, 0.25) is 0 Å². The number of ether oxygens (including phenoxy) is 1. The molecule has 1 aliphatic rings. The van der Waals surface area contributed by atoms with E-state index >= 15 is 0 Å². The number of carbonyl (C=O) groups excluding carboxylic acids is 1. The summed E-state index contributed by atoms with van der Waals surface area (Å²) in [5.74, 6) is -1.62. The Kier molecular flexibility index (Phi) is 4.50. The van der Waals surface area contributed by atoms with Gasteiger partial charge in [-0.25, -0.2) is 8.78 Å². The largest absolute Gasteiger partial charge is 0.488 e. The normalized spacial score (nSPS) is 16.3. The van der Waals surface area contributed by atoms with Crippen LogP contribution in [0.1, 0.15) is 42.3 Å². The minimum atomic E-state index is -1.04. The molecule has 0 fully saturated rings. The first-order valence-corrected chi connectivity index (χ1v) is 8.27. The standard InChI is InChI=1S/C20H21F2NO2/c1-20(2,3)14-5-7-18-13(8-14)9-15(25-18)11-23-19(24)12-4-6-16(21)17(22)10-12/h4-8,10,15H,9,11H2,1-3H3,(H,23,24)/t15-/m1/s1. The van der Waals surface area contributed by atoms with Crippen LogP contribution in [0.2, 0.25) is 0 Å². The van der Waals surface area contributed by atoms with Crippen molar-refractivity contribution in [3.63, 3.8) is 0 Å². The van der Waals surface area contributed by atoms with Crippen molar-refractivity contribution in [1.29, 1.82) is 0 Å². The fraction of sp³-hybridized carbons (Fsp3) is 0.350. The van der Waals surface area contributed by atoms with Gasteiger partial charge in [0, 0.05) is 12.0 Å². The summed E-state index contributed by atoms with van der Waals surface area (Å²) >= 11 is 0. The van der Waals surface area contributed by atoms with Crippen LogP contribution in [0.4, 0.5) is 8.78 Å². The molecule has 132 valence electrons. The number of fused-ring (bicyclic) bond motifs is 1. The lowest BCUT2D eigenvalue weighted by Gasteiger charge is -2.19. The van der Waals surface area contributed by atoms with Gasteiger partial charge in [0.05, 0.1) is 6.54 Å². The molecule has 5 heteroatoms. The van der Waals surface area contributed by atoms with Crippen LogP contribution < -0.4 is 10.1 Å². The Hall–Kier alpha value is -2.43.